The average molecular weight is 192 g/mol. The van der Waals surface area contributed by atoms with E-state index in [1.165, 1.54) is 12.8 Å². The van der Waals surface area contributed by atoms with Crippen LogP contribution < -0.4 is 0 Å². The Labute approximate surface area is 87.5 Å². The largest absolute Gasteiger partial charge is 0.370 e. The molecule has 0 bridgehead atoms. The first-order valence-electron chi connectivity index (χ1n) is 5.50. The second-order valence-corrected chi connectivity index (χ2v) is 4.17. The van der Waals surface area contributed by atoms with Gasteiger partial charge in [0.15, 0.2) is 0 Å². The number of ether oxygens (including phenoxy) is 1. The zero-order chi connectivity index (χ0) is 10.4. The van der Waals surface area contributed by atoms with Gasteiger partial charge in [-0.25, -0.2) is 0 Å². The van der Waals surface area contributed by atoms with Gasteiger partial charge in [-0.3, -0.25) is 0 Å². The van der Waals surface area contributed by atoms with Crippen molar-refractivity contribution in [2.75, 3.05) is 6.61 Å². The van der Waals surface area contributed by atoms with E-state index in [4.69, 9.17) is 4.74 Å². The zero-order valence-corrected chi connectivity index (χ0v) is 9.52. The summed E-state index contributed by atoms with van der Waals surface area (Å²) in [5, 5.41) is 0. The summed E-state index contributed by atoms with van der Waals surface area (Å²) in [5.74, 6) is 6.45. The van der Waals surface area contributed by atoms with Gasteiger partial charge >= 0.3 is 0 Å². The van der Waals surface area contributed by atoms with Crippen molar-refractivity contribution in [1.82, 2.24) is 0 Å². The van der Waals surface area contributed by atoms with E-state index in [9.17, 15) is 0 Å². The predicted octanol–water partition coefficient (Wildman–Crippen LogP) is 3.31. The first-order valence-corrected chi connectivity index (χ1v) is 5.50. The quantitative estimate of drug-likeness (QED) is 0.482. The van der Waals surface area contributed by atoms with Crippen LogP contribution in [0.15, 0.2) is 11.6 Å². The van der Waals surface area contributed by atoms with Crippen LogP contribution in [0, 0.1) is 11.8 Å². The summed E-state index contributed by atoms with van der Waals surface area (Å²) < 4.78 is 5.66. The van der Waals surface area contributed by atoms with Crippen LogP contribution in [0.5, 0.6) is 0 Å². The lowest BCUT2D eigenvalue weighted by molar-refractivity contribution is 0.00775. The maximum Gasteiger partial charge on any atom is 0.0949 e. The van der Waals surface area contributed by atoms with Crippen LogP contribution in [0.1, 0.15) is 46.5 Å². The molecular weight excluding hydrogens is 172 g/mol. The molecule has 1 rings (SSSR count). The van der Waals surface area contributed by atoms with Crippen molar-refractivity contribution in [2.24, 2.45) is 0 Å². The van der Waals surface area contributed by atoms with Crippen LogP contribution in [-0.2, 0) is 4.74 Å². The molecule has 0 aromatic heterocycles. The SMILES string of the molecule is CCCCC#CC1=CCCOC1(C)C. The van der Waals surface area contributed by atoms with Crippen molar-refractivity contribution >= 4 is 0 Å². The lowest BCUT2D eigenvalue weighted by Gasteiger charge is -2.29. The molecule has 14 heavy (non-hydrogen) atoms. The molecule has 1 aliphatic heterocycles. The third-order valence-corrected chi connectivity index (χ3v) is 2.46. The van der Waals surface area contributed by atoms with Crippen molar-refractivity contribution in [3.05, 3.63) is 11.6 Å². The summed E-state index contributed by atoms with van der Waals surface area (Å²) in [5.41, 5.74) is 0.983. The Morgan fingerprint density at radius 2 is 2.29 bits per heavy atom. The lowest BCUT2D eigenvalue weighted by atomic mass is 9.95. The number of hydrogen-bond acceptors (Lipinski definition) is 1. The fourth-order valence-electron chi connectivity index (χ4n) is 1.47. The van der Waals surface area contributed by atoms with Crippen LogP contribution in [0.4, 0.5) is 0 Å². The highest BCUT2D eigenvalue weighted by Crippen LogP contribution is 2.24. The Morgan fingerprint density at radius 3 is 2.93 bits per heavy atom. The Kier molecular flexibility index (Phi) is 4.22. The average Bonchev–Trinajstić information content (AvgIpc) is 2.14. The Hall–Kier alpha value is -0.740. The van der Waals surface area contributed by atoms with E-state index < -0.39 is 0 Å². The third kappa shape index (κ3) is 3.20. The molecule has 0 radical (unpaired) electrons. The van der Waals surface area contributed by atoms with E-state index in [1.807, 2.05) is 0 Å². The standard InChI is InChI=1S/C13H20O/c1-4-5-6-7-9-12-10-8-11-14-13(12,2)3/h10H,4-6,8,11H2,1-3H3. The van der Waals surface area contributed by atoms with E-state index in [1.54, 1.807) is 0 Å². The first-order chi connectivity index (χ1) is 6.67. The smallest absolute Gasteiger partial charge is 0.0949 e. The van der Waals surface area contributed by atoms with Crippen LogP contribution in [0.2, 0.25) is 0 Å². The highest BCUT2D eigenvalue weighted by Gasteiger charge is 2.25. The van der Waals surface area contributed by atoms with Crippen LogP contribution in [0.25, 0.3) is 0 Å². The van der Waals surface area contributed by atoms with Gasteiger partial charge in [0.1, 0.15) is 0 Å². The third-order valence-electron chi connectivity index (χ3n) is 2.46. The van der Waals surface area contributed by atoms with E-state index in [2.05, 4.69) is 38.7 Å². The van der Waals surface area contributed by atoms with Gasteiger partial charge in [0.25, 0.3) is 0 Å². The maximum atomic E-state index is 5.66. The van der Waals surface area contributed by atoms with Gasteiger partial charge in [-0.15, -0.1) is 0 Å². The summed E-state index contributed by atoms with van der Waals surface area (Å²) in [4.78, 5) is 0. The van der Waals surface area contributed by atoms with Crippen LogP contribution >= 0.6 is 0 Å². The Bertz CT molecular complexity index is 263. The molecule has 0 aliphatic carbocycles. The van der Waals surface area contributed by atoms with Crippen molar-refractivity contribution in [3.8, 4) is 11.8 Å². The molecule has 0 saturated carbocycles. The van der Waals surface area contributed by atoms with Gasteiger partial charge in [-0.05, 0) is 26.7 Å². The molecule has 0 fully saturated rings. The molecule has 0 aromatic rings. The molecule has 0 atom stereocenters. The molecule has 0 N–H and O–H groups in total. The minimum absolute atomic E-state index is 0.169. The minimum atomic E-state index is -0.169. The molecule has 78 valence electrons. The molecule has 1 aliphatic rings. The summed E-state index contributed by atoms with van der Waals surface area (Å²) in [7, 11) is 0. The molecule has 1 heterocycles. The number of hydrogen-bond donors (Lipinski definition) is 0. The molecule has 1 heteroatoms. The van der Waals surface area contributed by atoms with Crippen LogP contribution in [0.3, 0.4) is 0 Å². The second kappa shape index (κ2) is 5.22. The normalized spacial score (nSPS) is 19.5. The lowest BCUT2D eigenvalue weighted by Crippen LogP contribution is -2.30. The second-order valence-electron chi connectivity index (χ2n) is 4.17. The molecule has 0 spiro atoms. The fourth-order valence-corrected chi connectivity index (χ4v) is 1.47. The van der Waals surface area contributed by atoms with E-state index >= 15 is 0 Å². The highest BCUT2D eigenvalue weighted by molar-refractivity contribution is 5.36. The van der Waals surface area contributed by atoms with Gasteiger partial charge in [0.2, 0.25) is 0 Å². The summed E-state index contributed by atoms with van der Waals surface area (Å²) in [6.45, 7) is 7.20. The molecular formula is C13H20O. The van der Waals surface area contributed by atoms with Gasteiger partial charge in [0, 0.05) is 12.0 Å². The number of rotatable bonds is 2. The first kappa shape index (κ1) is 11.3. The molecule has 0 saturated heterocycles. The minimum Gasteiger partial charge on any atom is -0.370 e. The van der Waals surface area contributed by atoms with Crippen molar-refractivity contribution in [3.63, 3.8) is 0 Å². The molecule has 0 unspecified atom stereocenters. The van der Waals surface area contributed by atoms with Gasteiger partial charge in [-0.2, -0.15) is 0 Å². The summed E-state index contributed by atoms with van der Waals surface area (Å²) >= 11 is 0. The van der Waals surface area contributed by atoms with E-state index in [0.717, 1.165) is 25.0 Å². The Morgan fingerprint density at radius 1 is 1.50 bits per heavy atom. The topological polar surface area (TPSA) is 9.23 Å². The van der Waals surface area contributed by atoms with Crippen LogP contribution in [-0.4, -0.2) is 12.2 Å². The van der Waals surface area contributed by atoms with E-state index in [-0.39, 0.29) is 5.60 Å². The predicted molar refractivity (Wildman–Crippen MR) is 60.0 cm³/mol. The fraction of sp³-hybridized carbons (Fsp3) is 0.692. The summed E-state index contributed by atoms with van der Waals surface area (Å²) in [6, 6.07) is 0. The molecule has 0 amide bonds. The van der Waals surface area contributed by atoms with E-state index in [0.29, 0.717) is 0 Å². The number of unbranched alkanes of at least 4 members (excludes halogenated alkanes) is 2. The molecule has 1 nitrogen and oxygen atoms in total. The summed E-state index contributed by atoms with van der Waals surface area (Å²) in [6.07, 6.45) is 6.63. The van der Waals surface area contributed by atoms with Crippen molar-refractivity contribution in [1.29, 1.82) is 0 Å². The monoisotopic (exact) mass is 192 g/mol. The van der Waals surface area contributed by atoms with Crippen molar-refractivity contribution in [2.45, 2.75) is 52.1 Å². The maximum absolute atomic E-state index is 5.66. The van der Waals surface area contributed by atoms with Crippen molar-refractivity contribution < 1.29 is 4.74 Å². The van der Waals surface area contributed by atoms with Gasteiger partial charge < -0.3 is 4.74 Å². The Balaban J connectivity index is 2.56. The zero-order valence-electron chi connectivity index (χ0n) is 9.52. The molecule has 0 aromatic carbocycles. The van der Waals surface area contributed by atoms with Gasteiger partial charge in [-0.1, -0.05) is 31.3 Å². The van der Waals surface area contributed by atoms with Gasteiger partial charge in [0.05, 0.1) is 12.2 Å². The highest BCUT2D eigenvalue weighted by atomic mass is 16.5.